The molecular weight excluding hydrogens is 333 g/mol. The van der Waals surface area contributed by atoms with Gasteiger partial charge in [0.15, 0.2) is 9.84 Å². The SMILES string of the molecule is COc1ccc(Cl)cc1CS(=O)(=O)c1c(N)cccc1Cl. The van der Waals surface area contributed by atoms with E-state index in [4.69, 9.17) is 33.7 Å². The summed E-state index contributed by atoms with van der Waals surface area (Å²) in [5.74, 6) is 0.138. The van der Waals surface area contributed by atoms with Crippen LogP contribution in [0.2, 0.25) is 10.0 Å². The minimum absolute atomic E-state index is 0.0753. The zero-order valence-electron chi connectivity index (χ0n) is 11.1. The molecule has 2 aromatic carbocycles. The fourth-order valence-electron chi connectivity index (χ4n) is 1.99. The molecule has 2 rings (SSSR count). The van der Waals surface area contributed by atoms with E-state index in [1.54, 1.807) is 24.3 Å². The van der Waals surface area contributed by atoms with E-state index in [1.165, 1.54) is 19.2 Å². The highest BCUT2D eigenvalue weighted by Crippen LogP contribution is 2.32. The second-order valence-electron chi connectivity index (χ2n) is 4.37. The van der Waals surface area contributed by atoms with E-state index in [1.807, 2.05) is 0 Å². The Morgan fingerprint density at radius 1 is 1.19 bits per heavy atom. The molecule has 0 unspecified atom stereocenters. The lowest BCUT2D eigenvalue weighted by Crippen LogP contribution is -2.09. The molecule has 0 atom stereocenters. The van der Waals surface area contributed by atoms with Gasteiger partial charge in [-0.05, 0) is 30.3 Å². The number of hydrogen-bond acceptors (Lipinski definition) is 4. The molecule has 4 nitrogen and oxygen atoms in total. The quantitative estimate of drug-likeness (QED) is 0.860. The predicted octanol–water partition coefficient (Wildman–Crippen LogP) is 3.56. The van der Waals surface area contributed by atoms with Crippen LogP contribution >= 0.6 is 23.2 Å². The van der Waals surface area contributed by atoms with Crippen LogP contribution in [0.5, 0.6) is 5.75 Å². The van der Waals surface area contributed by atoms with Crippen molar-refractivity contribution < 1.29 is 13.2 Å². The molecule has 0 spiro atoms. The van der Waals surface area contributed by atoms with Gasteiger partial charge in [-0.3, -0.25) is 0 Å². The summed E-state index contributed by atoms with van der Waals surface area (Å²) in [6.07, 6.45) is 0. The van der Waals surface area contributed by atoms with Crippen molar-refractivity contribution in [2.45, 2.75) is 10.6 Å². The maximum Gasteiger partial charge on any atom is 0.186 e. The summed E-state index contributed by atoms with van der Waals surface area (Å²) in [6.45, 7) is 0. The Bertz CT molecular complexity index is 756. The summed E-state index contributed by atoms with van der Waals surface area (Å²) in [5, 5.41) is 0.518. The summed E-state index contributed by atoms with van der Waals surface area (Å²) < 4.78 is 30.3. The Morgan fingerprint density at radius 3 is 2.52 bits per heavy atom. The van der Waals surface area contributed by atoms with Crippen LogP contribution in [0.4, 0.5) is 5.69 Å². The Labute approximate surface area is 133 Å². The molecule has 0 aromatic heterocycles. The molecule has 0 amide bonds. The topological polar surface area (TPSA) is 69.4 Å². The van der Waals surface area contributed by atoms with Crippen LogP contribution in [0, 0.1) is 0 Å². The number of anilines is 1. The van der Waals surface area contributed by atoms with Gasteiger partial charge in [-0.2, -0.15) is 0 Å². The number of rotatable bonds is 4. The number of nitrogen functional groups attached to an aromatic ring is 1. The largest absolute Gasteiger partial charge is 0.496 e. The van der Waals surface area contributed by atoms with E-state index in [0.717, 1.165) is 0 Å². The van der Waals surface area contributed by atoms with Gasteiger partial charge in [-0.1, -0.05) is 29.3 Å². The number of methoxy groups -OCH3 is 1. The van der Waals surface area contributed by atoms with E-state index >= 15 is 0 Å². The Kier molecular flexibility index (Phi) is 4.66. The van der Waals surface area contributed by atoms with E-state index < -0.39 is 9.84 Å². The molecule has 2 aromatic rings. The van der Waals surface area contributed by atoms with E-state index in [2.05, 4.69) is 0 Å². The maximum absolute atomic E-state index is 12.6. The molecule has 0 radical (unpaired) electrons. The third kappa shape index (κ3) is 3.43. The van der Waals surface area contributed by atoms with Crippen molar-refractivity contribution in [2.75, 3.05) is 12.8 Å². The van der Waals surface area contributed by atoms with Gasteiger partial charge >= 0.3 is 0 Å². The lowest BCUT2D eigenvalue weighted by molar-refractivity contribution is 0.411. The number of nitrogens with two attached hydrogens (primary N) is 1. The summed E-state index contributed by atoms with van der Waals surface area (Å²) in [5.41, 5.74) is 6.30. The highest BCUT2D eigenvalue weighted by atomic mass is 35.5. The zero-order valence-corrected chi connectivity index (χ0v) is 13.5. The van der Waals surface area contributed by atoms with Gasteiger partial charge in [-0.15, -0.1) is 0 Å². The lowest BCUT2D eigenvalue weighted by Gasteiger charge is -2.12. The second-order valence-corrected chi connectivity index (χ2v) is 7.14. The standard InChI is InChI=1S/C14H13Cl2NO3S/c1-20-13-6-5-10(15)7-9(13)8-21(18,19)14-11(16)3-2-4-12(14)17/h2-7H,8,17H2,1H3. The monoisotopic (exact) mass is 345 g/mol. The number of benzene rings is 2. The van der Waals surface area contributed by atoms with Crippen LogP contribution in [-0.4, -0.2) is 15.5 Å². The molecule has 0 saturated carbocycles. The Hall–Kier alpha value is -1.43. The summed E-state index contributed by atoms with van der Waals surface area (Å²) in [4.78, 5) is -0.0753. The second kappa shape index (κ2) is 6.13. The van der Waals surface area contributed by atoms with Crippen LogP contribution in [0.15, 0.2) is 41.3 Å². The summed E-state index contributed by atoms with van der Waals surface area (Å²) in [6, 6.07) is 9.36. The molecule has 0 aliphatic rings. The smallest absolute Gasteiger partial charge is 0.186 e. The summed E-state index contributed by atoms with van der Waals surface area (Å²) in [7, 11) is -2.26. The fraction of sp³-hybridized carbons (Fsp3) is 0.143. The first-order valence-corrected chi connectivity index (χ1v) is 8.35. The van der Waals surface area contributed by atoms with Gasteiger partial charge in [0.05, 0.1) is 23.6 Å². The molecule has 0 aliphatic heterocycles. The number of ether oxygens (including phenoxy) is 1. The van der Waals surface area contributed by atoms with Crippen molar-refractivity contribution in [2.24, 2.45) is 0 Å². The number of sulfone groups is 1. The lowest BCUT2D eigenvalue weighted by atomic mass is 10.2. The van der Waals surface area contributed by atoms with Crippen LogP contribution in [-0.2, 0) is 15.6 Å². The summed E-state index contributed by atoms with van der Waals surface area (Å²) >= 11 is 11.9. The molecule has 0 saturated heterocycles. The molecule has 0 bridgehead atoms. The van der Waals surface area contributed by atoms with Gasteiger partial charge in [-0.25, -0.2) is 8.42 Å². The van der Waals surface area contributed by atoms with E-state index in [-0.39, 0.29) is 21.4 Å². The van der Waals surface area contributed by atoms with E-state index in [9.17, 15) is 8.42 Å². The molecule has 0 aliphatic carbocycles. The van der Waals surface area contributed by atoms with Crippen molar-refractivity contribution >= 4 is 38.7 Å². The predicted molar refractivity (Wildman–Crippen MR) is 84.8 cm³/mol. The van der Waals surface area contributed by atoms with Crippen molar-refractivity contribution in [3.05, 3.63) is 52.0 Å². The average molecular weight is 346 g/mol. The molecule has 0 fully saturated rings. The number of halogens is 2. The zero-order chi connectivity index (χ0) is 15.6. The maximum atomic E-state index is 12.6. The third-order valence-electron chi connectivity index (χ3n) is 2.90. The molecular formula is C14H13Cl2NO3S. The molecule has 112 valence electrons. The van der Waals surface area contributed by atoms with E-state index in [0.29, 0.717) is 16.3 Å². The van der Waals surface area contributed by atoms with Crippen molar-refractivity contribution in [3.63, 3.8) is 0 Å². The average Bonchev–Trinajstić information content (AvgIpc) is 2.37. The normalized spacial score (nSPS) is 11.4. The highest BCUT2D eigenvalue weighted by Gasteiger charge is 2.23. The van der Waals surface area contributed by atoms with Crippen molar-refractivity contribution in [3.8, 4) is 5.75 Å². The molecule has 7 heteroatoms. The first-order chi connectivity index (χ1) is 9.85. The molecule has 0 heterocycles. The van der Waals surface area contributed by atoms with Crippen LogP contribution in [0.25, 0.3) is 0 Å². The first kappa shape index (κ1) is 15.9. The Morgan fingerprint density at radius 2 is 1.90 bits per heavy atom. The van der Waals surface area contributed by atoms with Crippen molar-refractivity contribution in [1.29, 1.82) is 0 Å². The first-order valence-electron chi connectivity index (χ1n) is 5.94. The van der Waals surface area contributed by atoms with Crippen LogP contribution in [0.3, 0.4) is 0 Å². The van der Waals surface area contributed by atoms with Crippen LogP contribution < -0.4 is 10.5 Å². The third-order valence-corrected chi connectivity index (χ3v) is 5.33. The highest BCUT2D eigenvalue weighted by molar-refractivity contribution is 7.91. The van der Waals surface area contributed by atoms with Crippen molar-refractivity contribution in [1.82, 2.24) is 0 Å². The minimum atomic E-state index is -3.72. The van der Waals surface area contributed by atoms with Crippen LogP contribution in [0.1, 0.15) is 5.56 Å². The minimum Gasteiger partial charge on any atom is -0.496 e. The molecule has 21 heavy (non-hydrogen) atoms. The fourth-order valence-corrected chi connectivity index (χ4v) is 4.29. The van der Waals surface area contributed by atoms with Gasteiger partial charge < -0.3 is 10.5 Å². The molecule has 2 N–H and O–H groups in total. The van der Waals surface area contributed by atoms with Gasteiger partial charge in [0.2, 0.25) is 0 Å². The van der Waals surface area contributed by atoms with Gasteiger partial charge in [0.1, 0.15) is 10.6 Å². The number of hydrogen-bond donors (Lipinski definition) is 1. The van der Waals surface area contributed by atoms with Gasteiger partial charge in [0, 0.05) is 10.6 Å². The van der Waals surface area contributed by atoms with Gasteiger partial charge in [0.25, 0.3) is 0 Å². The Balaban J connectivity index is 2.50.